The molecule has 1 heterocycles. The van der Waals surface area contributed by atoms with Crippen molar-refractivity contribution in [1.82, 2.24) is 4.90 Å². The molecule has 0 bridgehead atoms. The van der Waals surface area contributed by atoms with Crippen molar-refractivity contribution >= 4 is 23.1 Å². The third kappa shape index (κ3) is 5.43. The normalized spacial score (nSPS) is 17.2. The third-order valence-electron chi connectivity index (χ3n) is 5.51. The first kappa shape index (κ1) is 25.7. The minimum atomic E-state index is -0.899. The molecule has 1 aliphatic rings. The molecular weight excluding hydrogens is 456 g/mol. The van der Waals surface area contributed by atoms with Crippen LogP contribution in [-0.4, -0.2) is 60.1 Å². The molecule has 0 radical (unpaired) electrons. The van der Waals surface area contributed by atoms with Gasteiger partial charge in [-0.3, -0.25) is 19.7 Å². The Kier molecular flexibility index (Phi) is 8.08. The number of methoxy groups -OCH3 is 2. The highest BCUT2D eigenvalue weighted by Gasteiger charge is 2.46. The zero-order valence-electron chi connectivity index (χ0n) is 20.0. The van der Waals surface area contributed by atoms with Gasteiger partial charge in [0.2, 0.25) is 0 Å². The maximum atomic E-state index is 13.1. The summed E-state index contributed by atoms with van der Waals surface area (Å²) in [6, 6.07) is 9.29. The van der Waals surface area contributed by atoms with Crippen LogP contribution in [0.1, 0.15) is 37.4 Å². The molecule has 1 unspecified atom stereocenters. The highest BCUT2D eigenvalue weighted by Crippen LogP contribution is 2.42. The monoisotopic (exact) mass is 484 g/mol. The van der Waals surface area contributed by atoms with Crippen molar-refractivity contribution in [2.24, 2.45) is 0 Å². The summed E-state index contributed by atoms with van der Waals surface area (Å²) in [6.45, 7) is 4.35. The van der Waals surface area contributed by atoms with E-state index in [2.05, 4.69) is 0 Å². The number of non-ortho nitro benzene ring substituents is 1. The van der Waals surface area contributed by atoms with E-state index in [1.165, 1.54) is 36.3 Å². The molecule has 1 saturated heterocycles. The molecule has 1 fully saturated rings. The Morgan fingerprint density at radius 1 is 1.11 bits per heavy atom. The van der Waals surface area contributed by atoms with Gasteiger partial charge in [0.25, 0.3) is 17.4 Å². The fraction of sp³-hybridized carbons (Fsp3) is 0.360. The van der Waals surface area contributed by atoms with E-state index in [1.807, 2.05) is 13.8 Å². The number of amides is 1. The molecular formula is C25H28N2O8. The summed E-state index contributed by atoms with van der Waals surface area (Å²) in [5.74, 6) is -1.10. The van der Waals surface area contributed by atoms with E-state index in [4.69, 9.17) is 14.2 Å². The predicted molar refractivity (Wildman–Crippen MR) is 127 cm³/mol. The van der Waals surface area contributed by atoms with Crippen LogP contribution < -0.4 is 9.47 Å². The number of hydrogen-bond acceptors (Lipinski definition) is 8. The van der Waals surface area contributed by atoms with E-state index < -0.39 is 28.4 Å². The number of hydrogen-bond donors (Lipinski definition) is 1. The van der Waals surface area contributed by atoms with Crippen LogP contribution in [0, 0.1) is 10.1 Å². The number of likely N-dealkylation sites (tertiary alicyclic amines) is 1. The second-order valence-electron chi connectivity index (χ2n) is 8.22. The molecule has 1 N–H and O–H groups in total. The highest BCUT2D eigenvalue weighted by atomic mass is 16.6. The number of aliphatic hydroxyl groups excluding tert-OH is 1. The van der Waals surface area contributed by atoms with Crippen molar-refractivity contribution in [3.8, 4) is 11.5 Å². The summed E-state index contributed by atoms with van der Waals surface area (Å²) in [5.41, 5.74) is 0.449. The molecule has 0 spiro atoms. The minimum absolute atomic E-state index is 0.100. The van der Waals surface area contributed by atoms with Crippen molar-refractivity contribution in [1.29, 1.82) is 0 Å². The number of benzene rings is 2. The maximum absolute atomic E-state index is 13.1. The molecule has 186 valence electrons. The fourth-order valence-corrected chi connectivity index (χ4v) is 3.94. The molecule has 2 aromatic carbocycles. The predicted octanol–water partition coefficient (Wildman–Crippen LogP) is 3.85. The Hall–Kier alpha value is -3.92. The summed E-state index contributed by atoms with van der Waals surface area (Å²) in [7, 11) is 3.03. The van der Waals surface area contributed by atoms with Crippen LogP contribution in [0.25, 0.3) is 5.76 Å². The molecule has 3 rings (SSSR count). The Morgan fingerprint density at radius 2 is 1.80 bits per heavy atom. The van der Waals surface area contributed by atoms with Gasteiger partial charge < -0.3 is 24.2 Å². The third-order valence-corrected chi connectivity index (χ3v) is 5.51. The van der Waals surface area contributed by atoms with Crippen LogP contribution in [-0.2, 0) is 14.3 Å². The van der Waals surface area contributed by atoms with Gasteiger partial charge >= 0.3 is 0 Å². The fourth-order valence-electron chi connectivity index (χ4n) is 3.94. The molecule has 10 heteroatoms. The quantitative estimate of drug-likeness (QED) is 0.134. The second kappa shape index (κ2) is 11.0. The lowest BCUT2D eigenvalue weighted by molar-refractivity contribution is -0.384. The van der Waals surface area contributed by atoms with Crippen LogP contribution in [0.15, 0.2) is 48.0 Å². The van der Waals surface area contributed by atoms with Gasteiger partial charge in [0.15, 0.2) is 11.5 Å². The molecule has 35 heavy (non-hydrogen) atoms. The van der Waals surface area contributed by atoms with Gasteiger partial charge in [-0.2, -0.15) is 0 Å². The van der Waals surface area contributed by atoms with E-state index >= 15 is 0 Å². The van der Waals surface area contributed by atoms with E-state index in [1.54, 1.807) is 25.3 Å². The zero-order valence-corrected chi connectivity index (χ0v) is 20.0. The van der Waals surface area contributed by atoms with E-state index in [0.717, 1.165) is 0 Å². The molecule has 1 aliphatic heterocycles. The van der Waals surface area contributed by atoms with Gasteiger partial charge in [-0.05, 0) is 50.1 Å². The first-order valence-corrected chi connectivity index (χ1v) is 11.1. The Balaban J connectivity index is 2.14. The van der Waals surface area contributed by atoms with Gasteiger partial charge in [-0.25, -0.2) is 0 Å². The summed E-state index contributed by atoms with van der Waals surface area (Å²) < 4.78 is 16.3. The smallest absolute Gasteiger partial charge is 0.295 e. The van der Waals surface area contributed by atoms with E-state index in [9.17, 15) is 24.8 Å². The number of carbonyl (C=O) groups excluding carboxylic acids is 2. The number of Topliss-reactive ketones (excluding diaryl/α,β-unsaturated/α-hetero) is 1. The van der Waals surface area contributed by atoms with Gasteiger partial charge in [-0.15, -0.1) is 0 Å². The highest BCUT2D eigenvalue weighted by molar-refractivity contribution is 6.46. The molecule has 1 atom stereocenters. The summed E-state index contributed by atoms with van der Waals surface area (Å²) in [6.07, 6.45) is 0.375. The number of aliphatic hydroxyl groups is 1. The number of nitro groups is 1. The lowest BCUT2D eigenvalue weighted by Gasteiger charge is -2.26. The SMILES string of the molecule is COCCCN1C(=O)C(=O)/C(=C(\O)c2ccc([N+](=O)[O-])cc2)C1c1ccc(OC(C)C)c(OC)c1. The molecule has 1 amide bonds. The first-order valence-electron chi connectivity index (χ1n) is 11.1. The van der Waals surface area contributed by atoms with Gasteiger partial charge in [0, 0.05) is 38.0 Å². The molecule has 0 saturated carbocycles. The van der Waals surface area contributed by atoms with E-state index in [-0.39, 0.29) is 29.5 Å². The number of ether oxygens (including phenoxy) is 3. The van der Waals surface area contributed by atoms with Crippen LogP contribution in [0.4, 0.5) is 5.69 Å². The number of nitro benzene ring substituents is 1. The molecule has 0 aromatic heterocycles. The lowest BCUT2D eigenvalue weighted by Crippen LogP contribution is -2.31. The van der Waals surface area contributed by atoms with Crippen LogP contribution in [0.2, 0.25) is 0 Å². The van der Waals surface area contributed by atoms with Crippen molar-refractivity contribution in [3.63, 3.8) is 0 Å². The van der Waals surface area contributed by atoms with Crippen LogP contribution >= 0.6 is 0 Å². The van der Waals surface area contributed by atoms with E-state index in [0.29, 0.717) is 30.1 Å². The average molecular weight is 485 g/mol. The van der Waals surface area contributed by atoms with Crippen molar-refractivity contribution < 1.29 is 33.8 Å². The van der Waals surface area contributed by atoms with Crippen molar-refractivity contribution in [2.45, 2.75) is 32.4 Å². The van der Waals surface area contributed by atoms with Crippen molar-refractivity contribution in [2.75, 3.05) is 27.4 Å². The minimum Gasteiger partial charge on any atom is -0.507 e. The molecule has 10 nitrogen and oxygen atoms in total. The standard InChI is InChI=1S/C25H28N2O8/c1-15(2)35-19-11-8-17(14-20(19)34-4)22-21(24(29)25(30)26(22)12-5-13-33-3)23(28)16-6-9-18(10-7-16)27(31)32/h6-11,14-15,22,28H,5,12-13H2,1-4H3/b23-21-. The lowest BCUT2D eigenvalue weighted by atomic mass is 9.95. The number of nitrogens with zero attached hydrogens (tertiary/aromatic N) is 2. The summed E-state index contributed by atoms with van der Waals surface area (Å²) in [5, 5.41) is 22.1. The maximum Gasteiger partial charge on any atom is 0.295 e. The average Bonchev–Trinajstić information content (AvgIpc) is 3.08. The van der Waals surface area contributed by atoms with Crippen molar-refractivity contribution in [3.05, 3.63) is 69.3 Å². The topological polar surface area (TPSA) is 128 Å². The van der Waals surface area contributed by atoms with Crippen LogP contribution in [0.5, 0.6) is 11.5 Å². The second-order valence-corrected chi connectivity index (χ2v) is 8.22. The number of rotatable bonds is 10. The first-order chi connectivity index (χ1) is 16.7. The Bertz CT molecular complexity index is 1140. The largest absolute Gasteiger partial charge is 0.507 e. The van der Waals surface area contributed by atoms with Gasteiger partial charge in [0.05, 0.1) is 29.8 Å². The number of ketones is 1. The number of carbonyl (C=O) groups is 2. The summed E-state index contributed by atoms with van der Waals surface area (Å²) in [4.78, 5) is 37.9. The van der Waals surface area contributed by atoms with Crippen LogP contribution in [0.3, 0.4) is 0 Å². The Labute approximate surface area is 202 Å². The molecule has 0 aliphatic carbocycles. The summed E-state index contributed by atoms with van der Waals surface area (Å²) >= 11 is 0. The van der Waals surface area contributed by atoms with Gasteiger partial charge in [0.1, 0.15) is 5.76 Å². The molecule has 2 aromatic rings. The Morgan fingerprint density at radius 3 is 2.37 bits per heavy atom. The zero-order chi connectivity index (χ0) is 25.7. The van der Waals surface area contributed by atoms with Gasteiger partial charge in [-0.1, -0.05) is 6.07 Å².